The lowest BCUT2D eigenvalue weighted by atomic mass is 10.5. The van der Waals surface area contributed by atoms with Gasteiger partial charge in [-0.15, -0.1) is 5.53 Å². The second-order valence-corrected chi connectivity index (χ2v) is 1.70. The van der Waals surface area contributed by atoms with Gasteiger partial charge < -0.3 is 0 Å². The number of hydrogen-bond acceptors (Lipinski definition) is 3. The minimum Gasteiger partial charge on any atom is -0.246 e. The Morgan fingerprint density at radius 1 is 1.75 bits per heavy atom. The highest BCUT2D eigenvalue weighted by molar-refractivity contribution is 4.74. The average Bonchev–Trinajstić information content (AvgIpc) is 2.19. The van der Waals surface area contributed by atoms with Crippen molar-refractivity contribution in [3.63, 3.8) is 0 Å². The highest BCUT2D eigenvalue weighted by atomic mass is 15.7. The molecule has 2 N–H and O–H groups in total. The molecule has 0 amide bonds. The Kier molecular flexibility index (Phi) is 1.67. The van der Waals surface area contributed by atoms with Gasteiger partial charge in [-0.1, -0.05) is 12.3 Å². The van der Waals surface area contributed by atoms with E-state index in [1.54, 1.807) is 0 Å². The SMILES string of the molecule is CCCN1C=[C+]NN1. The third kappa shape index (κ3) is 1.09. The zero-order valence-corrected chi connectivity index (χ0v) is 4.94. The van der Waals surface area contributed by atoms with Crippen LogP contribution in [-0.4, -0.2) is 11.6 Å². The maximum atomic E-state index is 2.87. The monoisotopic (exact) mass is 112 g/mol. The van der Waals surface area contributed by atoms with Crippen molar-refractivity contribution in [3.8, 4) is 0 Å². The molecule has 0 spiro atoms. The molecular formula is C5H10N3+. The Morgan fingerprint density at radius 3 is 3.12 bits per heavy atom. The predicted molar refractivity (Wildman–Crippen MR) is 31.1 cm³/mol. The first-order valence-corrected chi connectivity index (χ1v) is 2.79. The van der Waals surface area contributed by atoms with E-state index in [-0.39, 0.29) is 0 Å². The topological polar surface area (TPSA) is 27.3 Å². The largest absolute Gasteiger partial charge is 0.406 e. The zero-order chi connectivity index (χ0) is 5.82. The van der Waals surface area contributed by atoms with E-state index in [0.717, 1.165) is 13.0 Å². The van der Waals surface area contributed by atoms with Crippen molar-refractivity contribution in [1.82, 2.24) is 16.0 Å². The number of nitrogens with zero attached hydrogens (tertiary/aromatic N) is 1. The fraction of sp³-hybridized carbons (Fsp3) is 0.600. The minimum atomic E-state index is 1.03. The molecular weight excluding hydrogens is 102 g/mol. The van der Waals surface area contributed by atoms with E-state index in [1.165, 1.54) is 0 Å². The normalized spacial score (nSPS) is 15.9. The van der Waals surface area contributed by atoms with Crippen LogP contribution < -0.4 is 11.0 Å². The quantitative estimate of drug-likeness (QED) is 0.492. The molecule has 1 heterocycles. The molecule has 0 atom stereocenters. The standard InChI is InChI=1S/C5H10N3/c1-2-4-8-5-3-6-7-8/h5-7H,2,4H2,1H3/q+1. The van der Waals surface area contributed by atoms with Crippen LogP contribution >= 0.6 is 0 Å². The van der Waals surface area contributed by atoms with E-state index < -0.39 is 0 Å². The van der Waals surface area contributed by atoms with Crippen LogP contribution in [0.1, 0.15) is 13.3 Å². The lowest BCUT2D eigenvalue weighted by Gasteiger charge is -2.06. The molecule has 0 saturated heterocycles. The van der Waals surface area contributed by atoms with Crippen LogP contribution in [0.3, 0.4) is 0 Å². The van der Waals surface area contributed by atoms with Crippen molar-refractivity contribution in [3.05, 3.63) is 12.4 Å². The summed E-state index contributed by atoms with van der Waals surface area (Å²) in [6.45, 7) is 3.16. The number of rotatable bonds is 2. The van der Waals surface area contributed by atoms with Crippen molar-refractivity contribution >= 4 is 0 Å². The number of hydrogen-bond donors (Lipinski definition) is 2. The van der Waals surface area contributed by atoms with Crippen molar-refractivity contribution in [2.75, 3.05) is 6.54 Å². The summed E-state index contributed by atoms with van der Waals surface area (Å²) in [5, 5.41) is 1.94. The molecule has 8 heavy (non-hydrogen) atoms. The summed E-state index contributed by atoms with van der Waals surface area (Å²) in [6, 6.07) is 0. The van der Waals surface area contributed by atoms with Gasteiger partial charge in [-0.2, -0.15) is 0 Å². The first-order chi connectivity index (χ1) is 3.93. The molecule has 3 nitrogen and oxygen atoms in total. The number of hydrazine groups is 2. The fourth-order valence-electron chi connectivity index (χ4n) is 0.608. The van der Waals surface area contributed by atoms with Gasteiger partial charge in [-0.05, 0) is 6.42 Å². The van der Waals surface area contributed by atoms with E-state index in [1.807, 2.05) is 11.2 Å². The average molecular weight is 112 g/mol. The highest BCUT2D eigenvalue weighted by Gasteiger charge is 2.10. The van der Waals surface area contributed by atoms with Gasteiger partial charge in [0.1, 0.15) is 0 Å². The highest BCUT2D eigenvalue weighted by Crippen LogP contribution is 1.88. The molecule has 0 unspecified atom stereocenters. The lowest BCUT2D eigenvalue weighted by molar-refractivity contribution is 0.272. The van der Waals surface area contributed by atoms with Gasteiger partial charge in [0, 0.05) is 6.54 Å². The summed E-state index contributed by atoms with van der Waals surface area (Å²) in [4.78, 5) is 0. The third-order valence-corrected chi connectivity index (χ3v) is 0.957. The molecule has 0 fully saturated rings. The smallest absolute Gasteiger partial charge is 0.246 e. The van der Waals surface area contributed by atoms with E-state index >= 15 is 0 Å². The van der Waals surface area contributed by atoms with Crippen molar-refractivity contribution in [2.24, 2.45) is 0 Å². The fourth-order valence-corrected chi connectivity index (χ4v) is 0.608. The molecule has 1 aliphatic heterocycles. The van der Waals surface area contributed by atoms with E-state index in [2.05, 4.69) is 24.1 Å². The van der Waals surface area contributed by atoms with Gasteiger partial charge in [-0.3, -0.25) is 0 Å². The Morgan fingerprint density at radius 2 is 2.62 bits per heavy atom. The second-order valence-electron chi connectivity index (χ2n) is 1.70. The van der Waals surface area contributed by atoms with Crippen LogP contribution in [0.25, 0.3) is 0 Å². The molecule has 0 radical (unpaired) electrons. The summed E-state index contributed by atoms with van der Waals surface area (Å²) in [5.74, 6) is 0. The first kappa shape index (κ1) is 5.35. The molecule has 0 aromatic carbocycles. The Bertz CT molecular complexity index is 89.7. The lowest BCUT2D eigenvalue weighted by Crippen LogP contribution is -2.35. The molecule has 0 saturated carbocycles. The predicted octanol–water partition coefficient (Wildman–Crippen LogP) is -0.00441. The third-order valence-electron chi connectivity index (χ3n) is 0.957. The molecule has 0 aromatic rings. The van der Waals surface area contributed by atoms with Crippen molar-refractivity contribution < 1.29 is 0 Å². The second kappa shape index (κ2) is 2.50. The Hall–Kier alpha value is -0.790. The Balaban J connectivity index is 2.16. The summed E-state index contributed by atoms with van der Waals surface area (Å²) in [6.07, 6.45) is 5.79. The van der Waals surface area contributed by atoms with Crippen LogP contribution in [0.4, 0.5) is 0 Å². The van der Waals surface area contributed by atoms with Gasteiger partial charge in [0.2, 0.25) is 0 Å². The molecule has 3 heteroatoms. The Labute approximate surface area is 49.3 Å². The van der Waals surface area contributed by atoms with Crippen molar-refractivity contribution in [1.29, 1.82) is 0 Å². The summed E-state index contributed by atoms with van der Waals surface area (Å²) in [7, 11) is 0. The molecule has 1 aliphatic rings. The van der Waals surface area contributed by atoms with Crippen molar-refractivity contribution in [2.45, 2.75) is 13.3 Å². The van der Waals surface area contributed by atoms with Crippen LogP contribution in [0.5, 0.6) is 0 Å². The molecule has 44 valence electrons. The van der Waals surface area contributed by atoms with E-state index in [0.29, 0.717) is 0 Å². The van der Waals surface area contributed by atoms with Crippen LogP contribution in [0, 0.1) is 6.20 Å². The zero-order valence-electron chi connectivity index (χ0n) is 4.94. The van der Waals surface area contributed by atoms with Crippen LogP contribution in [0.15, 0.2) is 6.20 Å². The number of nitrogens with one attached hydrogen (secondary N) is 2. The van der Waals surface area contributed by atoms with Gasteiger partial charge in [0.15, 0.2) is 0 Å². The summed E-state index contributed by atoms with van der Waals surface area (Å²) < 4.78 is 0. The van der Waals surface area contributed by atoms with Gasteiger partial charge >= 0.3 is 6.20 Å². The van der Waals surface area contributed by atoms with Crippen LogP contribution in [-0.2, 0) is 0 Å². The van der Waals surface area contributed by atoms with E-state index in [9.17, 15) is 0 Å². The molecule has 1 rings (SSSR count). The van der Waals surface area contributed by atoms with Gasteiger partial charge in [-0.25, -0.2) is 5.01 Å². The maximum Gasteiger partial charge on any atom is 0.406 e. The first-order valence-electron chi connectivity index (χ1n) is 2.79. The van der Waals surface area contributed by atoms with Gasteiger partial charge in [0.25, 0.3) is 6.20 Å². The molecule has 0 bridgehead atoms. The van der Waals surface area contributed by atoms with E-state index in [4.69, 9.17) is 0 Å². The minimum absolute atomic E-state index is 1.03. The molecule has 0 aliphatic carbocycles. The van der Waals surface area contributed by atoms with Crippen LogP contribution in [0.2, 0.25) is 0 Å². The van der Waals surface area contributed by atoms with Gasteiger partial charge in [0.05, 0.1) is 0 Å². The maximum absolute atomic E-state index is 2.87. The molecule has 0 aromatic heterocycles. The summed E-state index contributed by atoms with van der Waals surface area (Å²) in [5.41, 5.74) is 5.60. The summed E-state index contributed by atoms with van der Waals surface area (Å²) >= 11 is 0.